The highest BCUT2D eigenvalue weighted by Gasteiger charge is 2.30. The molecule has 2 amide bonds. The van der Waals surface area contributed by atoms with Crippen LogP contribution in [-0.4, -0.2) is 29.0 Å². The summed E-state index contributed by atoms with van der Waals surface area (Å²) in [5.74, 6) is -2.91. The van der Waals surface area contributed by atoms with Crippen LogP contribution in [0.3, 0.4) is 0 Å². The van der Waals surface area contributed by atoms with Crippen molar-refractivity contribution in [2.24, 2.45) is 0 Å². The second kappa shape index (κ2) is 7.70. The van der Waals surface area contributed by atoms with Crippen LogP contribution in [0, 0.1) is 0 Å². The van der Waals surface area contributed by atoms with Crippen molar-refractivity contribution in [2.75, 3.05) is 11.9 Å². The molecule has 0 unspecified atom stereocenters. The van der Waals surface area contributed by atoms with Gasteiger partial charge in [-0.2, -0.15) is 8.78 Å². The summed E-state index contributed by atoms with van der Waals surface area (Å²) in [4.78, 5) is 26.4. The Morgan fingerprint density at radius 1 is 1.12 bits per heavy atom. The Morgan fingerprint density at radius 2 is 1.77 bits per heavy atom. The fraction of sp³-hybridized carbons (Fsp3) is 0.158. The molecule has 0 saturated heterocycles. The fourth-order valence-electron chi connectivity index (χ4n) is 2.73. The first-order valence-corrected chi connectivity index (χ1v) is 8.78. The molecule has 2 aromatic rings. The normalized spacial score (nSPS) is 13.3. The lowest BCUT2D eigenvalue weighted by molar-refractivity contribution is -0.116. The average Bonchev–Trinajstić information content (AvgIpc) is 2.86. The van der Waals surface area contributed by atoms with Gasteiger partial charge in [-0.15, -0.1) is 0 Å². The van der Waals surface area contributed by atoms with Gasteiger partial charge in [0.1, 0.15) is 0 Å². The van der Waals surface area contributed by atoms with Gasteiger partial charge >= 0.3 is 0 Å². The Morgan fingerprint density at radius 3 is 2.38 bits per heavy atom. The standard InChI is InChI=1S/C19H16F2N2O2S/c1-12-15-4-2-3-5-16(15)18(25)23(12)11-10-17(24)22-13-6-8-14(9-7-13)26-19(20)21/h2-9,19H,1,10-11H2,(H,22,24). The maximum Gasteiger partial charge on any atom is 0.288 e. The van der Waals surface area contributed by atoms with Gasteiger partial charge < -0.3 is 10.2 Å². The Balaban J connectivity index is 1.55. The number of anilines is 1. The molecule has 1 N–H and O–H groups in total. The highest BCUT2D eigenvalue weighted by Crippen LogP contribution is 2.31. The number of nitrogens with zero attached hydrogens (tertiary/aromatic N) is 1. The van der Waals surface area contributed by atoms with Crippen molar-refractivity contribution >= 4 is 35.0 Å². The van der Waals surface area contributed by atoms with Gasteiger partial charge in [0, 0.05) is 40.4 Å². The average molecular weight is 374 g/mol. The van der Waals surface area contributed by atoms with Gasteiger partial charge in [-0.1, -0.05) is 36.5 Å². The van der Waals surface area contributed by atoms with Crippen molar-refractivity contribution in [1.82, 2.24) is 4.90 Å². The van der Waals surface area contributed by atoms with Crippen LogP contribution in [0.25, 0.3) is 5.70 Å². The summed E-state index contributed by atoms with van der Waals surface area (Å²) >= 11 is 0.448. The summed E-state index contributed by atoms with van der Waals surface area (Å²) in [6, 6.07) is 13.4. The Hall–Kier alpha value is -2.67. The number of rotatable bonds is 6. The topological polar surface area (TPSA) is 49.4 Å². The van der Waals surface area contributed by atoms with Gasteiger partial charge in [-0.25, -0.2) is 0 Å². The van der Waals surface area contributed by atoms with E-state index in [0.717, 1.165) is 5.56 Å². The molecule has 0 radical (unpaired) electrons. The van der Waals surface area contributed by atoms with Gasteiger partial charge in [0.15, 0.2) is 0 Å². The lowest BCUT2D eigenvalue weighted by Gasteiger charge is -2.17. The van der Waals surface area contributed by atoms with E-state index in [1.807, 2.05) is 12.1 Å². The number of benzene rings is 2. The first-order valence-electron chi connectivity index (χ1n) is 7.90. The number of hydrogen-bond donors (Lipinski definition) is 1. The van der Waals surface area contributed by atoms with Crippen molar-refractivity contribution in [3.8, 4) is 0 Å². The van der Waals surface area contributed by atoms with Crippen molar-refractivity contribution in [1.29, 1.82) is 0 Å². The first kappa shape index (κ1) is 18.1. The van der Waals surface area contributed by atoms with E-state index in [1.54, 1.807) is 24.3 Å². The van der Waals surface area contributed by atoms with Crippen molar-refractivity contribution in [3.63, 3.8) is 0 Å². The van der Waals surface area contributed by atoms with E-state index in [0.29, 0.717) is 33.6 Å². The van der Waals surface area contributed by atoms with Crippen LogP contribution in [0.2, 0.25) is 0 Å². The number of carbonyl (C=O) groups excluding carboxylic acids is 2. The molecule has 2 aromatic carbocycles. The van der Waals surface area contributed by atoms with Crippen molar-refractivity contribution in [2.45, 2.75) is 17.1 Å². The molecule has 3 rings (SSSR count). The molecular weight excluding hydrogens is 358 g/mol. The van der Waals surface area contributed by atoms with Crippen LogP contribution in [0.1, 0.15) is 22.3 Å². The SMILES string of the molecule is C=C1c2ccccc2C(=O)N1CCC(=O)Nc1ccc(SC(F)F)cc1. The summed E-state index contributed by atoms with van der Waals surface area (Å²) in [6.45, 7) is 4.15. The van der Waals surface area contributed by atoms with Gasteiger partial charge in [-0.05, 0) is 30.3 Å². The molecule has 0 atom stereocenters. The smallest absolute Gasteiger partial charge is 0.288 e. The first-order chi connectivity index (χ1) is 12.5. The van der Waals surface area contributed by atoms with Crippen LogP contribution in [-0.2, 0) is 4.79 Å². The molecule has 1 aliphatic rings. The number of amides is 2. The third-order valence-electron chi connectivity index (χ3n) is 3.97. The molecule has 26 heavy (non-hydrogen) atoms. The number of nitrogens with one attached hydrogen (secondary N) is 1. The minimum atomic E-state index is -2.48. The second-order valence-electron chi connectivity index (χ2n) is 5.65. The van der Waals surface area contributed by atoms with Crippen LogP contribution < -0.4 is 5.32 Å². The zero-order valence-electron chi connectivity index (χ0n) is 13.7. The van der Waals surface area contributed by atoms with Crippen LogP contribution in [0.15, 0.2) is 60.0 Å². The van der Waals surface area contributed by atoms with E-state index in [2.05, 4.69) is 11.9 Å². The molecule has 0 bridgehead atoms. The number of alkyl halides is 2. The van der Waals surface area contributed by atoms with Gasteiger partial charge in [0.25, 0.3) is 11.7 Å². The van der Waals surface area contributed by atoms with E-state index in [1.165, 1.54) is 17.0 Å². The largest absolute Gasteiger partial charge is 0.326 e. The Kier molecular flexibility index (Phi) is 5.37. The van der Waals surface area contributed by atoms with Crippen molar-refractivity contribution in [3.05, 3.63) is 66.2 Å². The van der Waals surface area contributed by atoms with Crippen LogP contribution in [0.5, 0.6) is 0 Å². The lowest BCUT2D eigenvalue weighted by Crippen LogP contribution is -2.27. The summed E-state index contributed by atoms with van der Waals surface area (Å²) in [6.07, 6.45) is 0.103. The Labute approximate surface area is 153 Å². The van der Waals surface area contributed by atoms with Gasteiger partial charge in [0.05, 0.1) is 0 Å². The zero-order chi connectivity index (χ0) is 18.7. The van der Waals surface area contributed by atoms with Crippen LogP contribution >= 0.6 is 11.8 Å². The number of hydrogen-bond acceptors (Lipinski definition) is 3. The molecule has 0 aliphatic carbocycles. The minimum Gasteiger partial charge on any atom is -0.326 e. The quantitative estimate of drug-likeness (QED) is 0.760. The lowest BCUT2D eigenvalue weighted by atomic mass is 10.1. The van der Waals surface area contributed by atoms with E-state index in [9.17, 15) is 18.4 Å². The predicted molar refractivity (Wildman–Crippen MR) is 98.1 cm³/mol. The highest BCUT2D eigenvalue weighted by molar-refractivity contribution is 7.99. The van der Waals surface area contributed by atoms with Crippen LogP contribution in [0.4, 0.5) is 14.5 Å². The number of thioether (sulfide) groups is 1. The highest BCUT2D eigenvalue weighted by atomic mass is 32.2. The van der Waals surface area contributed by atoms with E-state index < -0.39 is 5.76 Å². The second-order valence-corrected chi connectivity index (χ2v) is 6.71. The summed E-state index contributed by atoms with van der Waals surface area (Å²) in [7, 11) is 0. The third-order valence-corrected chi connectivity index (χ3v) is 4.69. The Bertz CT molecular complexity index is 818. The maximum absolute atomic E-state index is 12.4. The zero-order valence-corrected chi connectivity index (χ0v) is 14.6. The molecule has 1 aliphatic heterocycles. The molecule has 0 saturated carbocycles. The minimum absolute atomic E-state index is 0.103. The number of halogens is 2. The molecule has 7 heteroatoms. The summed E-state index contributed by atoms with van der Waals surface area (Å²) in [5, 5.41) is 2.69. The molecule has 4 nitrogen and oxygen atoms in total. The fourth-order valence-corrected chi connectivity index (χ4v) is 3.23. The summed E-state index contributed by atoms with van der Waals surface area (Å²) < 4.78 is 24.6. The molecule has 134 valence electrons. The third kappa shape index (κ3) is 3.94. The molecule has 0 spiro atoms. The van der Waals surface area contributed by atoms with Gasteiger partial charge in [-0.3, -0.25) is 9.59 Å². The van der Waals surface area contributed by atoms with E-state index in [-0.39, 0.29) is 24.8 Å². The molecular formula is C19H16F2N2O2S. The molecule has 0 fully saturated rings. The predicted octanol–water partition coefficient (Wildman–Crippen LogP) is 4.46. The number of fused-ring (bicyclic) bond motifs is 1. The monoisotopic (exact) mass is 374 g/mol. The summed E-state index contributed by atoms with van der Waals surface area (Å²) in [5.41, 5.74) is 2.48. The van der Waals surface area contributed by atoms with E-state index in [4.69, 9.17) is 0 Å². The number of carbonyl (C=O) groups is 2. The van der Waals surface area contributed by atoms with Crippen molar-refractivity contribution < 1.29 is 18.4 Å². The molecule has 1 heterocycles. The molecule has 0 aromatic heterocycles. The van der Waals surface area contributed by atoms with E-state index >= 15 is 0 Å². The maximum atomic E-state index is 12.4. The van der Waals surface area contributed by atoms with Gasteiger partial charge in [0.2, 0.25) is 5.91 Å².